The molecule has 2 atom stereocenters. The van der Waals surface area contributed by atoms with Gasteiger partial charge in [0.1, 0.15) is 21.7 Å². The van der Waals surface area contributed by atoms with Gasteiger partial charge in [0.2, 0.25) is 11.8 Å². The van der Waals surface area contributed by atoms with Gasteiger partial charge in [-0.2, -0.15) is 13.2 Å². The van der Waals surface area contributed by atoms with Crippen LogP contribution < -0.4 is 16.0 Å². The average molecular weight is 687 g/mol. The van der Waals surface area contributed by atoms with E-state index >= 15 is 0 Å². The van der Waals surface area contributed by atoms with E-state index in [-0.39, 0.29) is 34.1 Å². The Morgan fingerprint density at radius 1 is 0.884 bits per heavy atom. The van der Waals surface area contributed by atoms with Crippen molar-refractivity contribution >= 4 is 81.2 Å². The summed E-state index contributed by atoms with van der Waals surface area (Å²) < 4.78 is 80.5. The van der Waals surface area contributed by atoms with Crippen LogP contribution in [0, 0.1) is 23.4 Å². The summed E-state index contributed by atoms with van der Waals surface area (Å²) in [7, 11) is 0. The molecular weight excluding hydrogens is 670 g/mol. The molecule has 3 aromatic carbocycles. The largest absolute Gasteiger partial charge is 0.419 e. The standard InChI is InChI=1S/C27H17Cl4F6N3O3/c28-8-7-19(41)40-23-17(33)5-6-18(22(23)34)39-24(42)13-10-12(2-3-15(13)29)38-25(43)21-20(26(21,30)31)11-1-4-16(32)14(9-11)27(35,36)37/h1-6,9-10,20-21H,7-8H2,(H,38,43)(H,39,42)(H,40,41)/t20-,21+/m0/s1. The molecule has 16 heteroatoms. The number of carbonyl (C=O) groups excluding carboxylic acids is 3. The van der Waals surface area contributed by atoms with Crippen molar-refractivity contribution in [2.75, 3.05) is 21.8 Å². The second-order valence-corrected chi connectivity index (χ2v) is 11.5. The van der Waals surface area contributed by atoms with E-state index in [4.69, 9.17) is 46.4 Å². The lowest BCUT2D eigenvalue weighted by atomic mass is 10.0. The van der Waals surface area contributed by atoms with Crippen LogP contribution in [0.1, 0.15) is 33.8 Å². The van der Waals surface area contributed by atoms with Crippen molar-refractivity contribution in [1.29, 1.82) is 0 Å². The SMILES string of the molecule is O=C(CCCl)Nc1c(F)ccc(NC(=O)c2cc(NC(=O)[C@H]3[C@H](c4ccc(F)c(C(F)(F)F)c4)C3(Cl)Cl)ccc2Cl)c1F. The molecule has 0 aromatic heterocycles. The monoisotopic (exact) mass is 685 g/mol. The first kappa shape index (κ1) is 32.7. The third-order valence-corrected chi connectivity index (χ3v) is 7.85. The maximum absolute atomic E-state index is 14.9. The lowest BCUT2D eigenvalue weighted by Crippen LogP contribution is -2.19. The zero-order valence-corrected chi connectivity index (χ0v) is 24.2. The van der Waals surface area contributed by atoms with Crippen molar-refractivity contribution < 1.29 is 40.7 Å². The van der Waals surface area contributed by atoms with Gasteiger partial charge in [0, 0.05) is 23.9 Å². The Hall–Kier alpha value is -3.19. The number of benzene rings is 3. The number of amides is 3. The van der Waals surface area contributed by atoms with Gasteiger partial charge in [-0.25, -0.2) is 13.2 Å². The zero-order valence-electron chi connectivity index (χ0n) is 21.2. The molecule has 0 radical (unpaired) electrons. The smallest absolute Gasteiger partial charge is 0.326 e. The molecule has 1 fully saturated rings. The first-order valence-electron chi connectivity index (χ1n) is 12.1. The van der Waals surface area contributed by atoms with Gasteiger partial charge in [-0.15, -0.1) is 34.8 Å². The Labute approximate surface area is 259 Å². The number of hydrogen-bond acceptors (Lipinski definition) is 3. The molecule has 1 aliphatic rings. The number of rotatable bonds is 8. The minimum Gasteiger partial charge on any atom is -0.326 e. The molecule has 4 rings (SSSR count). The molecule has 1 saturated carbocycles. The molecule has 6 nitrogen and oxygen atoms in total. The highest BCUT2D eigenvalue weighted by Gasteiger charge is 2.67. The minimum atomic E-state index is -5.00. The Balaban J connectivity index is 1.52. The van der Waals surface area contributed by atoms with Gasteiger partial charge in [-0.05, 0) is 48.0 Å². The van der Waals surface area contributed by atoms with Crippen LogP contribution in [-0.4, -0.2) is 27.9 Å². The van der Waals surface area contributed by atoms with Crippen LogP contribution in [0.25, 0.3) is 0 Å². The summed E-state index contributed by atoms with van der Waals surface area (Å²) in [6, 6.07) is 7.51. The average Bonchev–Trinajstić information content (AvgIpc) is 3.50. The summed E-state index contributed by atoms with van der Waals surface area (Å²) in [6.07, 6.45) is -5.22. The summed E-state index contributed by atoms with van der Waals surface area (Å²) >= 11 is 24.0. The fraction of sp³-hybridized carbons (Fsp3) is 0.222. The second-order valence-electron chi connectivity index (χ2n) is 9.28. The topological polar surface area (TPSA) is 87.3 Å². The quantitative estimate of drug-likeness (QED) is 0.165. The lowest BCUT2D eigenvalue weighted by Gasteiger charge is -2.13. The van der Waals surface area contributed by atoms with Crippen molar-refractivity contribution in [2.45, 2.75) is 22.8 Å². The predicted octanol–water partition coefficient (Wildman–Crippen LogP) is 8.12. The number of carbonyl (C=O) groups is 3. The van der Waals surface area contributed by atoms with Crippen molar-refractivity contribution in [1.82, 2.24) is 0 Å². The summed E-state index contributed by atoms with van der Waals surface area (Å²) in [6.45, 7) is 0. The maximum atomic E-state index is 14.9. The van der Waals surface area contributed by atoms with E-state index in [1.807, 2.05) is 5.32 Å². The van der Waals surface area contributed by atoms with Crippen LogP contribution >= 0.6 is 46.4 Å². The van der Waals surface area contributed by atoms with Gasteiger partial charge in [-0.1, -0.05) is 17.7 Å². The Morgan fingerprint density at radius 3 is 2.21 bits per heavy atom. The number of alkyl halides is 6. The third-order valence-electron chi connectivity index (χ3n) is 6.39. The molecule has 43 heavy (non-hydrogen) atoms. The van der Waals surface area contributed by atoms with Crippen LogP contribution in [0.4, 0.5) is 43.4 Å². The van der Waals surface area contributed by atoms with Crippen LogP contribution in [0.5, 0.6) is 0 Å². The molecular formula is C27H17Cl4F6N3O3. The van der Waals surface area contributed by atoms with Gasteiger partial charge in [0.15, 0.2) is 5.82 Å². The molecule has 0 spiro atoms. The first-order chi connectivity index (χ1) is 20.1. The fourth-order valence-corrected chi connectivity index (χ4v) is 5.46. The van der Waals surface area contributed by atoms with Gasteiger partial charge in [0.05, 0.1) is 27.8 Å². The highest BCUT2D eigenvalue weighted by molar-refractivity contribution is 6.53. The summed E-state index contributed by atoms with van der Waals surface area (Å²) in [5.74, 6) is -8.95. The van der Waals surface area contributed by atoms with Crippen LogP contribution in [0.15, 0.2) is 48.5 Å². The number of hydrogen-bond donors (Lipinski definition) is 3. The van der Waals surface area contributed by atoms with E-state index in [0.717, 1.165) is 24.3 Å². The van der Waals surface area contributed by atoms with Crippen molar-refractivity contribution in [2.24, 2.45) is 5.92 Å². The summed E-state index contributed by atoms with van der Waals surface area (Å²) in [5, 5.41) is 6.54. The molecule has 0 bridgehead atoms. The molecule has 0 unspecified atom stereocenters. The molecule has 3 amide bonds. The minimum absolute atomic E-state index is 0.0157. The van der Waals surface area contributed by atoms with Crippen LogP contribution in [-0.2, 0) is 15.8 Å². The normalized spacial score (nSPS) is 17.3. The van der Waals surface area contributed by atoms with Gasteiger partial charge >= 0.3 is 6.18 Å². The number of nitrogens with one attached hydrogen (secondary N) is 3. The maximum Gasteiger partial charge on any atom is 0.419 e. The van der Waals surface area contributed by atoms with E-state index in [9.17, 15) is 40.7 Å². The third kappa shape index (κ3) is 6.98. The summed E-state index contributed by atoms with van der Waals surface area (Å²) in [4.78, 5) is 37.7. The number of anilines is 3. The van der Waals surface area contributed by atoms with Gasteiger partial charge in [0.25, 0.3) is 5.91 Å². The fourth-order valence-electron chi connectivity index (χ4n) is 4.26. The molecule has 3 N–H and O–H groups in total. The van der Waals surface area contributed by atoms with E-state index in [2.05, 4.69) is 10.6 Å². The van der Waals surface area contributed by atoms with E-state index < -0.39 is 74.5 Å². The molecule has 0 aliphatic heterocycles. The van der Waals surface area contributed by atoms with Crippen molar-refractivity contribution in [3.05, 3.63) is 87.7 Å². The zero-order chi connectivity index (χ0) is 31.9. The molecule has 0 heterocycles. The lowest BCUT2D eigenvalue weighted by molar-refractivity contribution is -0.140. The van der Waals surface area contributed by atoms with E-state index in [1.54, 1.807) is 0 Å². The Kier molecular flexibility index (Phi) is 9.46. The second kappa shape index (κ2) is 12.4. The Bertz CT molecular complexity index is 1620. The first-order valence-corrected chi connectivity index (χ1v) is 13.7. The molecule has 1 aliphatic carbocycles. The van der Waals surface area contributed by atoms with Gasteiger partial charge in [-0.3, -0.25) is 14.4 Å². The van der Waals surface area contributed by atoms with Gasteiger partial charge < -0.3 is 16.0 Å². The summed E-state index contributed by atoms with van der Waals surface area (Å²) in [5.41, 5.74) is -3.26. The van der Waals surface area contributed by atoms with E-state index in [0.29, 0.717) is 12.1 Å². The molecule has 0 saturated heterocycles. The van der Waals surface area contributed by atoms with Crippen molar-refractivity contribution in [3.8, 4) is 0 Å². The highest BCUT2D eigenvalue weighted by Crippen LogP contribution is 2.65. The molecule has 228 valence electrons. The Morgan fingerprint density at radius 2 is 1.56 bits per heavy atom. The van der Waals surface area contributed by atoms with Crippen LogP contribution in [0.2, 0.25) is 5.02 Å². The number of halogens is 10. The van der Waals surface area contributed by atoms with Crippen molar-refractivity contribution in [3.63, 3.8) is 0 Å². The van der Waals surface area contributed by atoms with E-state index in [1.165, 1.54) is 12.1 Å². The highest BCUT2D eigenvalue weighted by atomic mass is 35.5. The van der Waals surface area contributed by atoms with Crippen LogP contribution in [0.3, 0.4) is 0 Å². The molecule has 3 aromatic rings. The predicted molar refractivity (Wildman–Crippen MR) is 150 cm³/mol.